The number of benzene rings is 1. The van der Waals surface area contributed by atoms with Crippen molar-refractivity contribution in [3.05, 3.63) is 46.3 Å². The molecule has 2 aliphatic rings. The fourth-order valence-electron chi connectivity index (χ4n) is 3.29. The summed E-state index contributed by atoms with van der Waals surface area (Å²) in [5.41, 5.74) is 0.797. The lowest BCUT2D eigenvalue weighted by molar-refractivity contribution is 0.0603. The van der Waals surface area contributed by atoms with Gasteiger partial charge in [-0.25, -0.2) is 4.99 Å². The molecule has 1 saturated heterocycles. The predicted octanol–water partition coefficient (Wildman–Crippen LogP) is 2.99. The molecule has 1 fully saturated rings. The van der Waals surface area contributed by atoms with Gasteiger partial charge in [-0.05, 0) is 30.7 Å². The lowest BCUT2D eigenvalue weighted by atomic mass is 9.90. The molecule has 1 unspecified atom stereocenters. The first-order valence-electron chi connectivity index (χ1n) is 7.73. The third kappa shape index (κ3) is 2.09. The molecule has 0 amide bonds. The largest absolute Gasteiger partial charge is 0.374 e. The summed E-state index contributed by atoms with van der Waals surface area (Å²) in [6.07, 6.45) is 0.695. The van der Waals surface area contributed by atoms with Crippen LogP contribution < -0.4 is 4.90 Å². The van der Waals surface area contributed by atoms with Crippen molar-refractivity contribution in [2.24, 2.45) is 4.99 Å². The summed E-state index contributed by atoms with van der Waals surface area (Å²) in [7, 11) is 0. The number of carbonyl (C=O) groups is 1. The second-order valence-electron chi connectivity index (χ2n) is 6.10. The maximum absolute atomic E-state index is 12.8. The minimum atomic E-state index is -1.54. The molecule has 6 heteroatoms. The third-order valence-electron chi connectivity index (χ3n) is 4.52. The number of thiophene rings is 1. The zero-order valence-electron chi connectivity index (χ0n) is 13.1. The van der Waals surface area contributed by atoms with Crippen LogP contribution in [-0.4, -0.2) is 28.9 Å². The van der Waals surface area contributed by atoms with E-state index in [4.69, 9.17) is 5.26 Å². The van der Waals surface area contributed by atoms with E-state index >= 15 is 0 Å². The molecule has 0 saturated carbocycles. The van der Waals surface area contributed by atoms with E-state index in [9.17, 15) is 9.90 Å². The van der Waals surface area contributed by atoms with Crippen molar-refractivity contribution in [3.8, 4) is 6.07 Å². The van der Waals surface area contributed by atoms with Gasteiger partial charge >= 0.3 is 0 Å². The number of anilines is 1. The number of aliphatic imine (C=N–C) groups is 1. The first kappa shape index (κ1) is 15.1. The van der Waals surface area contributed by atoms with Crippen molar-refractivity contribution >= 4 is 33.6 Å². The van der Waals surface area contributed by atoms with E-state index in [1.165, 1.54) is 11.3 Å². The van der Waals surface area contributed by atoms with E-state index in [1.54, 1.807) is 6.07 Å². The van der Waals surface area contributed by atoms with Gasteiger partial charge in [0, 0.05) is 23.5 Å². The van der Waals surface area contributed by atoms with Crippen LogP contribution in [0.5, 0.6) is 0 Å². The first-order chi connectivity index (χ1) is 11.5. The molecular formula is C18H15N3O2S. The molecule has 120 valence electrons. The topological polar surface area (TPSA) is 76.7 Å². The minimum absolute atomic E-state index is 0.254. The molecule has 5 nitrogen and oxygen atoms in total. The van der Waals surface area contributed by atoms with Crippen molar-refractivity contribution in [2.45, 2.75) is 25.4 Å². The summed E-state index contributed by atoms with van der Waals surface area (Å²) in [5.74, 6) is 0.158. The Morgan fingerprint density at radius 2 is 2.17 bits per heavy atom. The van der Waals surface area contributed by atoms with Crippen LogP contribution in [0.3, 0.4) is 0 Å². The quantitative estimate of drug-likeness (QED) is 0.914. The monoisotopic (exact) mass is 337 g/mol. The number of ketones is 1. The van der Waals surface area contributed by atoms with Crippen molar-refractivity contribution in [1.29, 1.82) is 5.26 Å². The van der Waals surface area contributed by atoms with Crippen LogP contribution in [-0.2, 0) is 6.42 Å². The molecule has 1 aromatic carbocycles. The van der Waals surface area contributed by atoms with Gasteiger partial charge in [-0.1, -0.05) is 12.1 Å². The highest BCUT2D eigenvalue weighted by Gasteiger charge is 2.52. The van der Waals surface area contributed by atoms with Gasteiger partial charge in [0.05, 0.1) is 18.1 Å². The minimum Gasteiger partial charge on any atom is -0.374 e. The predicted molar refractivity (Wildman–Crippen MR) is 93.2 cm³/mol. The van der Waals surface area contributed by atoms with E-state index in [1.807, 2.05) is 36.1 Å². The van der Waals surface area contributed by atoms with Gasteiger partial charge in [0.15, 0.2) is 11.4 Å². The first-order valence-corrected chi connectivity index (χ1v) is 8.55. The SMILES string of the molecule is Cc1cc2c(s1)N=C1N(c3ccc(CC#N)cc3)CCC1(O)C2=O. The number of hydrogen-bond acceptors (Lipinski definition) is 6. The molecule has 24 heavy (non-hydrogen) atoms. The number of aryl methyl sites for hydroxylation is 1. The van der Waals surface area contributed by atoms with Crippen molar-refractivity contribution in [3.63, 3.8) is 0 Å². The second kappa shape index (κ2) is 5.26. The Morgan fingerprint density at radius 1 is 1.42 bits per heavy atom. The molecule has 1 N–H and O–H groups in total. The number of nitriles is 1. The zero-order valence-corrected chi connectivity index (χ0v) is 13.9. The van der Waals surface area contributed by atoms with Gasteiger partial charge in [-0.3, -0.25) is 4.79 Å². The Hall–Kier alpha value is -2.49. The smallest absolute Gasteiger partial charge is 0.205 e. The Kier molecular flexibility index (Phi) is 3.30. The molecule has 0 bridgehead atoms. The lowest BCUT2D eigenvalue weighted by Crippen LogP contribution is -2.48. The summed E-state index contributed by atoms with van der Waals surface area (Å²) in [6.45, 7) is 2.47. The molecule has 2 aliphatic heterocycles. The summed E-state index contributed by atoms with van der Waals surface area (Å²) < 4.78 is 0. The molecule has 1 aromatic heterocycles. The van der Waals surface area contributed by atoms with E-state index in [2.05, 4.69) is 11.1 Å². The Morgan fingerprint density at radius 3 is 2.88 bits per heavy atom. The van der Waals surface area contributed by atoms with Crippen LogP contribution in [0.4, 0.5) is 10.7 Å². The molecule has 2 aromatic rings. The zero-order chi connectivity index (χ0) is 16.9. The van der Waals surface area contributed by atoms with Gasteiger partial charge in [0.1, 0.15) is 5.00 Å². The second-order valence-corrected chi connectivity index (χ2v) is 7.34. The van der Waals surface area contributed by atoms with Crippen molar-refractivity contribution < 1.29 is 9.90 Å². The van der Waals surface area contributed by atoms with Crippen LogP contribution in [0, 0.1) is 18.3 Å². The standard InChI is InChI=1S/C18H15N3O2S/c1-11-10-14-15(22)18(23)7-9-21(17(18)20-16(14)24-11)13-4-2-12(3-5-13)6-8-19/h2-5,10,23H,6-7,9H2,1H3. The van der Waals surface area contributed by atoms with Crippen LogP contribution >= 0.6 is 11.3 Å². The Balaban J connectivity index is 1.76. The highest BCUT2D eigenvalue weighted by Crippen LogP contribution is 2.43. The van der Waals surface area contributed by atoms with Crippen molar-refractivity contribution in [2.75, 3.05) is 11.4 Å². The van der Waals surface area contributed by atoms with Gasteiger partial charge in [-0.15, -0.1) is 11.3 Å². The normalized spacial score (nSPS) is 22.0. The van der Waals surface area contributed by atoms with E-state index in [0.717, 1.165) is 16.1 Å². The van der Waals surface area contributed by atoms with E-state index in [0.29, 0.717) is 35.8 Å². The average Bonchev–Trinajstić information content (AvgIpc) is 3.10. The van der Waals surface area contributed by atoms with Crippen LogP contribution in [0.25, 0.3) is 0 Å². The fourth-order valence-corrected chi connectivity index (χ4v) is 4.16. The summed E-state index contributed by atoms with van der Waals surface area (Å²) >= 11 is 1.47. The molecule has 4 rings (SSSR count). The molecule has 3 heterocycles. The number of Topliss-reactive ketones (excluding diaryl/α,β-unsaturated/α-hetero) is 1. The average molecular weight is 337 g/mol. The van der Waals surface area contributed by atoms with Gasteiger partial charge < -0.3 is 10.0 Å². The highest BCUT2D eigenvalue weighted by atomic mass is 32.1. The van der Waals surface area contributed by atoms with Crippen molar-refractivity contribution in [1.82, 2.24) is 0 Å². The number of aliphatic hydroxyl groups is 1. The van der Waals surface area contributed by atoms with Gasteiger partial charge in [-0.2, -0.15) is 5.26 Å². The number of hydrogen-bond donors (Lipinski definition) is 1. The fraction of sp³-hybridized carbons (Fsp3) is 0.278. The van der Waals surface area contributed by atoms with Crippen LogP contribution in [0.1, 0.15) is 27.2 Å². The highest BCUT2D eigenvalue weighted by molar-refractivity contribution is 7.16. The van der Waals surface area contributed by atoms with Crippen LogP contribution in [0.15, 0.2) is 35.3 Å². The summed E-state index contributed by atoms with van der Waals surface area (Å²) in [5, 5.41) is 20.4. The number of carbonyl (C=O) groups excluding carboxylic acids is 1. The number of amidine groups is 1. The van der Waals surface area contributed by atoms with Gasteiger partial charge in [0.25, 0.3) is 0 Å². The molecule has 0 radical (unpaired) electrons. The van der Waals surface area contributed by atoms with Crippen LogP contribution in [0.2, 0.25) is 0 Å². The maximum atomic E-state index is 12.8. The van der Waals surface area contributed by atoms with Gasteiger partial charge in [0.2, 0.25) is 5.78 Å². The lowest BCUT2D eigenvalue weighted by Gasteiger charge is -2.28. The Bertz CT molecular complexity index is 907. The third-order valence-corrected chi connectivity index (χ3v) is 5.46. The molecule has 1 atom stereocenters. The maximum Gasteiger partial charge on any atom is 0.205 e. The molecule has 0 spiro atoms. The Labute approximate surface area is 143 Å². The summed E-state index contributed by atoms with van der Waals surface area (Å²) in [4.78, 5) is 20.3. The number of fused-ring (bicyclic) bond motifs is 2. The molecular weight excluding hydrogens is 322 g/mol. The number of rotatable bonds is 2. The summed E-state index contributed by atoms with van der Waals surface area (Å²) in [6, 6.07) is 11.5. The van der Waals surface area contributed by atoms with E-state index < -0.39 is 5.60 Å². The van der Waals surface area contributed by atoms with E-state index in [-0.39, 0.29) is 5.78 Å². The molecule has 0 aliphatic carbocycles. The number of nitrogens with zero attached hydrogens (tertiary/aromatic N) is 3.